The standard InChI is InChI=1S/C18H23N3O4/c1-11-15(19-17(24)25-18(3,4)5)12(2)21(20-11)10-13-8-6-7-9-14(13)16(22)23/h6-9H,10H2,1-5H3,(H,19,24)(H,22,23). The van der Waals surface area contributed by atoms with Gasteiger partial charge in [0.1, 0.15) is 5.60 Å². The van der Waals surface area contributed by atoms with Gasteiger partial charge in [-0.3, -0.25) is 10.00 Å². The zero-order valence-corrected chi connectivity index (χ0v) is 15.1. The van der Waals surface area contributed by atoms with Crippen LogP contribution in [0, 0.1) is 13.8 Å². The monoisotopic (exact) mass is 345 g/mol. The molecule has 1 aromatic heterocycles. The molecule has 7 heteroatoms. The second-order valence-electron chi connectivity index (χ2n) is 6.79. The Bertz CT molecular complexity index is 803. The maximum absolute atomic E-state index is 12.0. The van der Waals surface area contributed by atoms with Gasteiger partial charge in [-0.2, -0.15) is 5.10 Å². The summed E-state index contributed by atoms with van der Waals surface area (Å²) in [5.74, 6) is -0.982. The summed E-state index contributed by atoms with van der Waals surface area (Å²) in [7, 11) is 0. The summed E-state index contributed by atoms with van der Waals surface area (Å²) < 4.78 is 6.94. The Morgan fingerprint density at radius 2 is 1.88 bits per heavy atom. The molecule has 0 spiro atoms. The van der Waals surface area contributed by atoms with E-state index in [9.17, 15) is 14.7 Å². The number of aromatic nitrogens is 2. The van der Waals surface area contributed by atoms with E-state index in [1.165, 1.54) is 0 Å². The van der Waals surface area contributed by atoms with E-state index >= 15 is 0 Å². The molecule has 1 amide bonds. The number of aromatic carboxylic acids is 1. The minimum Gasteiger partial charge on any atom is -0.478 e. The highest BCUT2D eigenvalue weighted by molar-refractivity contribution is 5.89. The fourth-order valence-electron chi connectivity index (χ4n) is 2.47. The van der Waals surface area contributed by atoms with Gasteiger partial charge in [-0.1, -0.05) is 18.2 Å². The highest BCUT2D eigenvalue weighted by Gasteiger charge is 2.20. The fraction of sp³-hybridized carbons (Fsp3) is 0.389. The summed E-state index contributed by atoms with van der Waals surface area (Å²) in [5.41, 5.74) is 2.21. The first-order valence-electron chi connectivity index (χ1n) is 7.93. The quantitative estimate of drug-likeness (QED) is 0.883. The van der Waals surface area contributed by atoms with E-state index in [-0.39, 0.29) is 5.56 Å². The molecule has 0 saturated heterocycles. The second-order valence-corrected chi connectivity index (χ2v) is 6.79. The zero-order valence-electron chi connectivity index (χ0n) is 15.1. The minimum absolute atomic E-state index is 0.233. The van der Waals surface area contributed by atoms with Crippen molar-refractivity contribution in [3.8, 4) is 0 Å². The van der Waals surface area contributed by atoms with Crippen LogP contribution >= 0.6 is 0 Å². The number of ether oxygens (including phenoxy) is 1. The van der Waals surface area contributed by atoms with Crippen molar-refractivity contribution < 1.29 is 19.4 Å². The van der Waals surface area contributed by atoms with Crippen molar-refractivity contribution in [1.29, 1.82) is 0 Å². The van der Waals surface area contributed by atoms with Crippen LogP contribution in [0.1, 0.15) is 48.1 Å². The van der Waals surface area contributed by atoms with Gasteiger partial charge in [0.2, 0.25) is 0 Å². The van der Waals surface area contributed by atoms with Crippen LogP contribution in [0.4, 0.5) is 10.5 Å². The van der Waals surface area contributed by atoms with Gasteiger partial charge in [-0.25, -0.2) is 9.59 Å². The van der Waals surface area contributed by atoms with Gasteiger partial charge in [-0.05, 0) is 46.2 Å². The van der Waals surface area contributed by atoms with E-state index in [1.54, 1.807) is 56.6 Å². The summed E-state index contributed by atoms with van der Waals surface area (Å²) in [6, 6.07) is 6.78. The molecule has 2 aromatic rings. The van der Waals surface area contributed by atoms with Crippen LogP contribution in [0.15, 0.2) is 24.3 Å². The van der Waals surface area contributed by atoms with E-state index in [1.807, 2.05) is 6.92 Å². The van der Waals surface area contributed by atoms with Crippen LogP contribution < -0.4 is 5.32 Å². The molecule has 1 heterocycles. The van der Waals surface area contributed by atoms with Gasteiger partial charge in [0.25, 0.3) is 0 Å². The van der Waals surface area contributed by atoms with Crippen molar-refractivity contribution >= 4 is 17.7 Å². The predicted molar refractivity (Wildman–Crippen MR) is 94.1 cm³/mol. The van der Waals surface area contributed by atoms with Gasteiger partial charge < -0.3 is 9.84 Å². The number of aryl methyl sites for hydroxylation is 1. The number of carboxylic acid groups (broad SMARTS) is 1. The van der Waals surface area contributed by atoms with Crippen LogP contribution in [0.5, 0.6) is 0 Å². The Morgan fingerprint density at radius 1 is 1.24 bits per heavy atom. The van der Waals surface area contributed by atoms with Crippen molar-refractivity contribution in [2.45, 2.75) is 46.8 Å². The van der Waals surface area contributed by atoms with Crippen molar-refractivity contribution in [2.75, 3.05) is 5.32 Å². The summed E-state index contributed by atoms with van der Waals surface area (Å²) >= 11 is 0. The third kappa shape index (κ3) is 4.59. The average molecular weight is 345 g/mol. The maximum atomic E-state index is 12.0. The van der Waals surface area contributed by atoms with Gasteiger partial charge in [0.05, 0.1) is 29.2 Å². The lowest BCUT2D eigenvalue weighted by Gasteiger charge is -2.19. The first-order chi connectivity index (χ1) is 11.6. The van der Waals surface area contributed by atoms with Gasteiger partial charge >= 0.3 is 12.1 Å². The van der Waals surface area contributed by atoms with Crippen LogP contribution in [-0.2, 0) is 11.3 Å². The van der Waals surface area contributed by atoms with E-state index < -0.39 is 17.7 Å². The van der Waals surface area contributed by atoms with Crippen LogP contribution in [0.25, 0.3) is 0 Å². The first-order valence-corrected chi connectivity index (χ1v) is 7.93. The average Bonchev–Trinajstić information content (AvgIpc) is 2.73. The Hall–Kier alpha value is -2.83. The minimum atomic E-state index is -0.982. The topological polar surface area (TPSA) is 93.5 Å². The number of amides is 1. The molecule has 1 aromatic carbocycles. The molecule has 0 unspecified atom stereocenters. The number of carbonyl (C=O) groups is 2. The maximum Gasteiger partial charge on any atom is 0.412 e. The Kier molecular flexibility index (Phi) is 5.15. The lowest BCUT2D eigenvalue weighted by molar-refractivity contribution is 0.0633. The molecule has 0 aliphatic rings. The number of hydrogen-bond donors (Lipinski definition) is 2. The van der Waals surface area contributed by atoms with Crippen molar-refractivity contribution in [1.82, 2.24) is 9.78 Å². The normalized spacial score (nSPS) is 11.2. The molecule has 0 aliphatic heterocycles. The van der Waals surface area contributed by atoms with Crippen molar-refractivity contribution in [2.24, 2.45) is 0 Å². The number of hydrogen-bond acceptors (Lipinski definition) is 4. The molecule has 0 radical (unpaired) electrons. The number of anilines is 1. The number of carbonyl (C=O) groups excluding carboxylic acids is 1. The van der Waals surface area contributed by atoms with Crippen LogP contribution in [0.3, 0.4) is 0 Å². The Labute approximate surface area is 146 Å². The van der Waals surface area contributed by atoms with Crippen LogP contribution in [-0.4, -0.2) is 32.6 Å². The van der Waals surface area contributed by atoms with Gasteiger partial charge in [-0.15, -0.1) is 0 Å². The SMILES string of the molecule is Cc1nn(Cc2ccccc2C(=O)O)c(C)c1NC(=O)OC(C)(C)C. The molecule has 0 bridgehead atoms. The van der Waals surface area contributed by atoms with Crippen molar-refractivity contribution in [3.05, 3.63) is 46.8 Å². The second kappa shape index (κ2) is 6.96. The van der Waals surface area contributed by atoms with Gasteiger partial charge in [0.15, 0.2) is 0 Å². The highest BCUT2D eigenvalue weighted by Crippen LogP contribution is 2.22. The predicted octanol–water partition coefficient (Wildman–Crippen LogP) is 3.59. The Balaban J connectivity index is 2.25. The number of rotatable bonds is 4. The smallest absolute Gasteiger partial charge is 0.412 e. The van der Waals surface area contributed by atoms with E-state index in [0.29, 0.717) is 23.5 Å². The third-order valence-corrected chi connectivity index (χ3v) is 3.58. The van der Waals surface area contributed by atoms with Gasteiger partial charge in [0, 0.05) is 0 Å². The van der Waals surface area contributed by atoms with E-state index in [4.69, 9.17) is 4.74 Å². The summed E-state index contributed by atoms with van der Waals surface area (Å²) in [6.45, 7) is 9.26. The van der Waals surface area contributed by atoms with Crippen LogP contribution in [0.2, 0.25) is 0 Å². The molecule has 0 aliphatic carbocycles. The zero-order chi connectivity index (χ0) is 18.8. The summed E-state index contributed by atoms with van der Waals surface area (Å²) in [6.07, 6.45) is -0.552. The summed E-state index contributed by atoms with van der Waals surface area (Å²) in [5, 5.41) is 16.4. The highest BCUT2D eigenvalue weighted by atomic mass is 16.6. The molecule has 25 heavy (non-hydrogen) atoms. The number of benzene rings is 1. The molecule has 134 valence electrons. The molecule has 7 nitrogen and oxygen atoms in total. The van der Waals surface area contributed by atoms with Crippen molar-refractivity contribution in [3.63, 3.8) is 0 Å². The van der Waals surface area contributed by atoms with E-state index in [0.717, 1.165) is 5.69 Å². The summed E-state index contributed by atoms with van der Waals surface area (Å²) in [4.78, 5) is 23.3. The molecule has 0 saturated carbocycles. The Morgan fingerprint density at radius 3 is 2.48 bits per heavy atom. The lowest BCUT2D eigenvalue weighted by Crippen LogP contribution is -2.27. The lowest BCUT2D eigenvalue weighted by atomic mass is 10.1. The largest absolute Gasteiger partial charge is 0.478 e. The first kappa shape index (κ1) is 18.5. The molecule has 2 rings (SSSR count). The number of carboxylic acids is 1. The fourth-order valence-corrected chi connectivity index (χ4v) is 2.47. The van der Waals surface area contributed by atoms with E-state index in [2.05, 4.69) is 10.4 Å². The molecular formula is C18H23N3O4. The molecule has 0 atom stereocenters. The molecule has 0 fully saturated rings. The third-order valence-electron chi connectivity index (χ3n) is 3.58. The molecular weight excluding hydrogens is 322 g/mol. The number of nitrogens with zero attached hydrogens (tertiary/aromatic N) is 2. The molecule has 2 N–H and O–H groups in total. The number of nitrogens with one attached hydrogen (secondary N) is 1.